The molecule has 2 aromatic carbocycles. The van der Waals surface area contributed by atoms with Gasteiger partial charge in [-0.2, -0.15) is 0 Å². The molecule has 1 aromatic heterocycles. The molecule has 24 heavy (non-hydrogen) atoms. The first-order chi connectivity index (χ1) is 11.5. The summed E-state index contributed by atoms with van der Waals surface area (Å²) in [5.41, 5.74) is 4.40. The number of rotatable bonds is 3. The van der Waals surface area contributed by atoms with E-state index in [9.17, 15) is 9.59 Å². The molecule has 5 nitrogen and oxygen atoms in total. The molecule has 0 unspecified atom stereocenters. The number of hydrogen-bond donors (Lipinski definition) is 1. The number of amides is 1. The van der Waals surface area contributed by atoms with Gasteiger partial charge in [0.15, 0.2) is 0 Å². The summed E-state index contributed by atoms with van der Waals surface area (Å²) in [4.78, 5) is 28.6. The minimum atomic E-state index is -0.161. The second-order valence-electron chi connectivity index (χ2n) is 5.93. The summed E-state index contributed by atoms with van der Waals surface area (Å²) in [6.07, 6.45) is 0. The molecular formula is C19H19N3O2. The summed E-state index contributed by atoms with van der Waals surface area (Å²) >= 11 is 0. The Morgan fingerprint density at radius 1 is 1.12 bits per heavy atom. The molecule has 1 N–H and O–H groups in total. The van der Waals surface area contributed by atoms with Crippen molar-refractivity contribution in [2.45, 2.75) is 20.4 Å². The highest BCUT2D eigenvalue weighted by Gasteiger charge is 2.10. The average molecular weight is 321 g/mol. The van der Waals surface area contributed by atoms with E-state index >= 15 is 0 Å². The standard InChI is InChI=1S/C19H19N3O2/c1-12-4-6-14(7-5-12)11-20-18(23)15-8-9-17-16(10-15)21-13(2)19(24)22(17)3/h4-10H,11H2,1-3H3,(H,20,23). The van der Waals surface area contributed by atoms with Gasteiger partial charge in [0.2, 0.25) is 0 Å². The van der Waals surface area contributed by atoms with Crippen molar-refractivity contribution in [3.63, 3.8) is 0 Å². The van der Waals surface area contributed by atoms with Gasteiger partial charge in [-0.25, -0.2) is 4.98 Å². The second-order valence-corrected chi connectivity index (χ2v) is 5.93. The molecule has 122 valence electrons. The quantitative estimate of drug-likeness (QED) is 0.806. The van der Waals surface area contributed by atoms with Crippen LogP contribution in [0.25, 0.3) is 11.0 Å². The fraction of sp³-hybridized carbons (Fsp3) is 0.211. The van der Waals surface area contributed by atoms with Gasteiger partial charge in [-0.05, 0) is 37.6 Å². The van der Waals surface area contributed by atoms with Crippen LogP contribution in [0.5, 0.6) is 0 Å². The lowest BCUT2D eigenvalue weighted by atomic mass is 10.1. The Kier molecular flexibility index (Phi) is 4.16. The zero-order valence-corrected chi connectivity index (χ0v) is 14.0. The van der Waals surface area contributed by atoms with Crippen LogP contribution in [0.2, 0.25) is 0 Å². The van der Waals surface area contributed by atoms with Gasteiger partial charge in [-0.1, -0.05) is 29.8 Å². The van der Waals surface area contributed by atoms with Crippen molar-refractivity contribution in [1.82, 2.24) is 14.9 Å². The molecule has 0 radical (unpaired) electrons. The van der Waals surface area contributed by atoms with E-state index in [4.69, 9.17) is 0 Å². The number of fused-ring (bicyclic) bond motifs is 1. The highest BCUT2D eigenvalue weighted by atomic mass is 16.1. The van der Waals surface area contributed by atoms with Crippen molar-refractivity contribution in [3.05, 3.63) is 75.2 Å². The highest BCUT2D eigenvalue weighted by molar-refractivity contribution is 5.97. The summed E-state index contributed by atoms with van der Waals surface area (Å²) in [5.74, 6) is -0.161. The molecule has 0 atom stereocenters. The number of carbonyl (C=O) groups is 1. The van der Waals surface area contributed by atoms with E-state index in [1.165, 1.54) is 5.56 Å². The third-order valence-electron chi connectivity index (χ3n) is 4.07. The fourth-order valence-electron chi connectivity index (χ4n) is 2.61. The number of aryl methyl sites for hydroxylation is 3. The Labute approximate surface area is 140 Å². The molecule has 3 rings (SSSR count). The van der Waals surface area contributed by atoms with Crippen molar-refractivity contribution in [3.8, 4) is 0 Å². The molecule has 5 heteroatoms. The molecule has 0 aliphatic heterocycles. The number of carbonyl (C=O) groups excluding carboxylic acids is 1. The minimum Gasteiger partial charge on any atom is -0.348 e. The largest absolute Gasteiger partial charge is 0.348 e. The molecule has 1 amide bonds. The van der Waals surface area contributed by atoms with E-state index in [0.29, 0.717) is 28.8 Å². The third-order valence-corrected chi connectivity index (χ3v) is 4.07. The molecule has 1 heterocycles. The Bertz CT molecular complexity index is 972. The van der Waals surface area contributed by atoms with Gasteiger partial charge >= 0.3 is 0 Å². The molecule has 0 spiro atoms. The average Bonchev–Trinajstić information content (AvgIpc) is 2.58. The van der Waals surface area contributed by atoms with Gasteiger partial charge in [0.05, 0.1) is 11.0 Å². The van der Waals surface area contributed by atoms with Gasteiger partial charge in [0.1, 0.15) is 5.69 Å². The van der Waals surface area contributed by atoms with Crippen LogP contribution >= 0.6 is 0 Å². The van der Waals surface area contributed by atoms with E-state index in [-0.39, 0.29) is 11.5 Å². The number of nitrogens with one attached hydrogen (secondary N) is 1. The summed E-state index contributed by atoms with van der Waals surface area (Å²) < 4.78 is 1.55. The van der Waals surface area contributed by atoms with Crippen LogP contribution in [-0.2, 0) is 13.6 Å². The predicted octanol–water partition coefficient (Wildman–Crippen LogP) is 2.48. The van der Waals surface area contributed by atoms with E-state index < -0.39 is 0 Å². The van der Waals surface area contributed by atoms with Crippen LogP contribution in [0.3, 0.4) is 0 Å². The molecule has 0 saturated heterocycles. The molecule has 0 aliphatic rings. The maximum absolute atomic E-state index is 12.4. The molecule has 0 aliphatic carbocycles. The smallest absolute Gasteiger partial charge is 0.272 e. The van der Waals surface area contributed by atoms with Gasteiger partial charge < -0.3 is 9.88 Å². The molecule has 0 bridgehead atoms. The number of benzene rings is 2. The maximum atomic E-state index is 12.4. The van der Waals surface area contributed by atoms with Crippen LogP contribution in [0.4, 0.5) is 0 Å². The highest BCUT2D eigenvalue weighted by Crippen LogP contribution is 2.13. The predicted molar refractivity (Wildman–Crippen MR) is 94.1 cm³/mol. The van der Waals surface area contributed by atoms with E-state index in [2.05, 4.69) is 10.3 Å². The summed E-state index contributed by atoms with van der Waals surface area (Å²) in [6, 6.07) is 13.2. The Hall–Kier alpha value is -2.95. The lowest BCUT2D eigenvalue weighted by molar-refractivity contribution is 0.0951. The SMILES string of the molecule is Cc1ccc(CNC(=O)c2ccc3c(c2)nc(C)c(=O)n3C)cc1. The normalized spacial score (nSPS) is 10.8. The van der Waals surface area contributed by atoms with Crippen LogP contribution in [0, 0.1) is 13.8 Å². The van der Waals surface area contributed by atoms with Crippen molar-refractivity contribution in [2.75, 3.05) is 0 Å². The van der Waals surface area contributed by atoms with Gasteiger partial charge in [-0.3, -0.25) is 9.59 Å². The lowest BCUT2D eigenvalue weighted by Gasteiger charge is -2.09. The van der Waals surface area contributed by atoms with Crippen molar-refractivity contribution < 1.29 is 4.79 Å². The van der Waals surface area contributed by atoms with Gasteiger partial charge in [0, 0.05) is 19.2 Å². The third kappa shape index (κ3) is 3.06. The van der Waals surface area contributed by atoms with Crippen LogP contribution < -0.4 is 10.9 Å². The molecule has 0 fully saturated rings. The monoisotopic (exact) mass is 321 g/mol. The number of hydrogen-bond acceptors (Lipinski definition) is 3. The van der Waals surface area contributed by atoms with E-state index in [1.54, 1.807) is 36.7 Å². The van der Waals surface area contributed by atoms with Crippen molar-refractivity contribution in [2.24, 2.45) is 7.05 Å². The molecule has 3 aromatic rings. The molecule has 0 saturated carbocycles. The Morgan fingerprint density at radius 3 is 2.54 bits per heavy atom. The summed E-state index contributed by atoms with van der Waals surface area (Å²) in [6.45, 7) is 4.17. The van der Waals surface area contributed by atoms with Gasteiger partial charge in [-0.15, -0.1) is 0 Å². The van der Waals surface area contributed by atoms with E-state index in [1.807, 2.05) is 31.2 Å². The summed E-state index contributed by atoms with van der Waals surface area (Å²) in [7, 11) is 1.70. The topological polar surface area (TPSA) is 64.0 Å². The number of aromatic nitrogens is 2. The first-order valence-electron chi connectivity index (χ1n) is 7.77. The first-order valence-corrected chi connectivity index (χ1v) is 7.77. The molecular weight excluding hydrogens is 302 g/mol. The lowest BCUT2D eigenvalue weighted by Crippen LogP contribution is -2.24. The van der Waals surface area contributed by atoms with Crippen LogP contribution in [0.15, 0.2) is 47.3 Å². The Balaban J connectivity index is 1.83. The second kappa shape index (κ2) is 6.28. The van der Waals surface area contributed by atoms with Crippen LogP contribution in [-0.4, -0.2) is 15.5 Å². The van der Waals surface area contributed by atoms with Crippen molar-refractivity contribution in [1.29, 1.82) is 0 Å². The van der Waals surface area contributed by atoms with Gasteiger partial charge in [0.25, 0.3) is 11.5 Å². The minimum absolute atomic E-state index is 0.126. The number of nitrogens with zero attached hydrogens (tertiary/aromatic N) is 2. The summed E-state index contributed by atoms with van der Waals surface area (Å²) in [5, 5.41) is 2.90. The zero-order valence-electron chi connectivity index (χ0n) is 14.0. The van der Waals surface area contributed by atoms with E-state index in [0.717, 1.165) is 5.56 Å². The van der Waals surface area contributed by atoms with Crippen molar-refractivity contribution >= 4 is 16.9 Å². The zero-order chi connectivity index (χ0) is 17.3. The fourth-order valence-corrected chi connectivity index (χ4v) is 2.61. The maximum Gasteiger partial charge on any atom is 0.272 e. The Morgan fingerprint density at radius 2 is 1.83 bits per heavy atom. The first kappa shape index (κ1) is 15.9. The van der Waals surface area contributed by atoms with Crippen LogP contribution in [0.1, 0.15) is 27.2 Å².